The molecule has 5 rings (SSSR count). The number of fused-ring (bicyclic) bond motifs is 1. The maximum Gasteiger partial charge on any atom is 0.416 e. The molecule has 1 amide bonds. The number of alkyl halides is 3. The molecule has 1 fully saturated rings. The highest BCUT2D eigenvalue weighted by atomic mass is 19.4. The summed E-state index contributed by atoms with van der Waals surface area (Å²) in [5.74, 6) is 0.626. The third kappa shape index (κ3) is 6.39. The maximum absolute atomic E-state index is 14.0. The Labute approximate surface area is 241 Å². The molecular formula is C30H31F3N6O3. The highest BCUT2D eigenvalue weighted by Gasteiger charge is 2.34. The van der Waals surface area contributed by atoms with Crippen LogP contribution in [0.3, 0.4) is 0 Å². The Morgan fingerprint density at radius 1 is 1.05 bits per heavy atom. The molecule has 1 aliphatic heterocycles. The first kappa shape index (κ1) is 29.1. The van der Waals surface area contributed by atoms with E-state index in [1.54, 1.807) is 32.4 Å². The van der Waals surface area contributed by atoms with Gasteiger partial charge < -0.3 is 25.4 Å². The Bertz CT molecular complexity index is 1610. The van der Waals surface area contributed by atoms with Crippen LogP contribution in [-0.4, -0.2) is 61.1 Å². The molecule has 2 heterocycles. The molecule has 0 radical (unpaired) electrons. The SMILES string of the molecule is CNc1cc2ncnc(Oc3cc(C(=O)Nc4ccc(CN5CCNCC5)c(C(F)(F)F)c4)ccc3C)c2cc1OC. The van der Waals surface area contributed by atoms with Crippen LogP contribution in [0.2, 0.25) is 0 Å². The largest absolute Gasteiger partial charge is 0.495 e. The number of benzene rings is 3. The van der Waals surface area contributed by atoms with Crippen LogP contribution in [0.5, 0.6) is 17.4 Å². The van der Waals surface area contributed by atoms with Crippen LogP contribution in [0.15, 0.2) is 54.9 Å². The summed E-state index contributed by atoms with van der Waals surface area (Å²) in [5.41, 5.74) is 1.76. The number of rotatable bonds is 8. The molecular weight excluding hydrogens is 549 g/mol. The number of nitrogens with one attached hydrogen (secondary N) is 3. The van der Waals surface area contributed by atoms with Crippen LogP contribution < -0.4 is 25.4 Å². The Morgan fingerprint density at radius 2 is 1.83 bits per heavy atom. The van der Waals surface area contributed by atoms with Crippen molar-refractivity contribution in [3.8, 4) is 17.4 Å². The molecule has 0 atom stereocenters. The van der Waals surface area contributed by atoms with E-state index in [9.17, 15) is 18.0 Å². The second-order valence-corrected chi connectivity index (χ2v) is 9.93. The zero-order valence-corrected chi connectivity index (χ0v) is 23.4. The summed E-state index contributed by atoms with van der Waals surface area (Å²) in [5, 5.41) is 9.45. The van der Waals surface area contributed by atoms with Crippen molar-refractivity contribution in [3.05, 3.63) is 77.1 Å². The lowest BCUT2D eigenvalue weighted by Gasteiger charge is -2.28. The lowest BCUT2D eigenvalue weighted by molar-refractivity contribution is -0.138. The lowest BCUT2D eigenvalue weighted by Crippen LogP contribution is -2.43. The molecule has 0 bridgehead atoms. The number of methoxy groups -OCH3 is 1. The number of ether oxygens (including phenoxy) is 2. The molecule has 220 valence electrons. The van der Waals surface area contributed by atoms with Crippen molar-refractivity contribution in [2.75, 3.05) is 51.0 Å². The number of nitrogens with zero attached hydrogens (tertiary/aromatic N) is 3. The predicted octanol–water partition coefficient (Wildman–Crippen LogP) is 5.46. The van der Waals surface area contributed by atoms with Gasteiger partial charge in [0.05, 0.1) is 29.3 Å². The summed E-state index contributed by atoms with van der Waals surface area (Å²) in [6.45, 7) is 4.80. The minimum Gasteiger partial charge on any atom is -0.495 e. The van der Waals surface area contributed by atoms with Gasteiger partial charge in [0.2, 0.25) is 5.88 Å². The summed E-state index contributed by atoms with van der Waals surface area (Å²) in [6.07, 6.45) is -3.19. The van der Waals surface area contributed by atoms with Gasteiger partial charge >= 0.3 is 6.18 Å². The van der Waals surface area contributed by atoms with Crippen molar-refractivity contribution < 1.29 is 27.4 Å². The van der Waals surface area contributed by atoms with Crippen LogP contribution in [0.4, 0.5) is 24.5 Å². The number of halogens is 3. The number of aromatic nitrogens is 2. The van der Waals surface area contributed by atoms with Gasteiger partial charge in [-0.15, -0.1) is 0 Å². The minimum atomic E-state index is -4.56. The molecule has 0 saturated carbocycles. The lowest BCUT2D eigenvalue weighted by atomic mass is 10.0. The standard InChI is InChI=1S/C30H31F3N6O3/c1-18-4-5-19(12-26(18)42-29-22-14-27(41-3)25(34-2)15-24(22)36-17-37-29)28(40)38-21-7-6-20(23(13-21)30(31,32)33)16-39-10-8-35-9-11-39/h4-7,12-15,17,34-35H,8-11,16H2,1-3H3,(H,38,40). The van der Waals surface area contributed by atoms with E-state index >= 15 is 0 Å². The second-order valence-electron chi connectivity index (χ2n) is 9.93. The van der Waals surface area contributed by atoms with Gasteiger partial charge in [-0.25, -0.2) is 9.97 Å². The number of hydrogen-bond donors (Lipinski definition) is 3. The third-order valence-electron chi connectivity index (χ3n) is 7.12. The van der Waals surface area contributed by atoms with Gasteiger partial charge in [0.25, 0.3) is 5.91 Å². The summed E-state index contributed by atoms with van der Waals surface area (Å²) in [6, 6.07) is 12.3. The van der Waals surface area contributed by atoms with Crippen LogP contribution in [0.1, 0.15) is 27.0 Å². The predicted molar refractivity (Wildman–Crippen MR) is 154 cm³/mol. The minimum absolute atomic E-state index is 0.0497. The van der Waals surface area contributed by atoms with Crippen molar-refractivity contribution in [1.82, 2.24) is 20.2 Å². The van der Waals surface area contributed by atoms with E-state index in [4.69, 9.17) is 9.47 Å². The Morgan fingerprint density at radius 3 is 2.55 bits per heavy atom. The van der Waals surface area contributed by atoms with Gasteiger partial charge in [0.15, 0.2) is 0 Å². The molecule has 0 spiro atoms. The quantitative estimate of drug-likeness (QED) is 0.253. The van der Waals surface area contributed by atoms with Gasteiger partial charge in [-0.1, -0.05) is 12.1 Å². The van der Waals surface area contributed by atoms with E-state index in [1.807, 2.05) is 17.9 Å². The molecule has 12 heteroatoms. The van der Waals surface area contributed by atoms with Gasteiger partial charge in [-0.05, 0) is 54.4 Å². The van der Waals surface area contributed by atoms with Gasteiger partial charge in [-0.3, -0.25) is 9.69 Å². The first-order valence-electron chi connectivity index (χ1n) is 13.4. The van der Waals surface area contributed by atoms with Crippen LogP contribution >= 0.6 is 0 Å². The van der Waals surface area contributed by atoms with Crippen molar-refractivity contribution in [1.29, 1.82) is 0 Å². The van der Waals surface area contributed by atoms with Gasteiger partial charge in [-0.2, -0.15) is 13.2 Å². The molecule has 42 heavy (non-hydrogen) atoms. The van der Waals surface area contributed by atoms with E-state index in [0.29, 0.717) is 35.5 Å². The first-order valence-corrected chi connectivity index (χ1v) is 13.4. The zero-order chi connectivity index (χ0) is 29.9. The van der Waals surface area contributed by atoms with Crippen molar-refractivity contribution >= 4 is 28.2 Å². The number of carbonyl (C=O) groups is 1. The number of anilines is 2. The number of aryl methyl sites for hydroxylation is 1. The first-order chi connectivity index (χ1) is 20.2. The molecule has 9 nitrogen and oxygen atoms in total. The molecule has 4 aromatic rings. The maximum atomic E-state index is 14.0. The number of piperazine rings is 1. The highest BCUT2D eigenvalue weighted by Crippen LogP contribution is 2.36. The average molecular weight is 581 g/mol. The van der Waals surface area contributed by atoms with Gasteiger partial charge in [0, 0.05) is 51.0 Å². The molecule has 0 aliphatic carbocycles. The van der Waals surface area contributed by atoms with Crippen molar-refractivity contribution in [2.24, 2.45) is 0 Å². The fraction of sp³-hybridized carbons (Fsp3) is 0.300. The fourth-order valence-corrected chi connectivity index (χ4v) is 4.83. The summed E-state index contributed by atoms with van der Waals surface area (Å²) in [7, 11) is 3.32. The highest BCUT2D eigenvalue weighted by molar-refractivity contribution is 6.04. The number of amides is 1. The van der Waals surface area contributed by atoms with E-state index in [0.717, 1.165) is 30.4 Å². The van der Waals surface area contributed by atoms with E-state index in [1.165, 1.54) is 24.5 Å². The zero-order valence-electron chi connectivity index (χ0n) is 23.4. The van der Waals surface area contributed by atoms with E-state index in [-0.39, 0.29) is 29.2 Å². The number of carbonyl (C=O) groups excluding carboxylic acids is 1. The molecule has 0 unspecified atom stereocenters. The Hall–Kier alpha value is -4.42. The average Bonchev–Trinajstić information content (AvgIpc) is 2.98. The molecule has 3 aromatic carbocycles. The van der Waals surface area contributed by atoms with Crippen LogP contribution in [0, 0.1) is 6.92 Å². The topological polar surface area (TPSA) is 101 Å². The molecule has 1 saturated heterocycles. The monoisotopic (exact) mass is 580 g/mol. The summed E-state index contributed by atoms with van der Waals surface area (Å²) in [4.78, 5) is 23.7. The normalized spacial score (nSPS) is 14.0. The van der Waals surface area contributed by atoms with Crippen LogP contribution in [0.25, 0.3) is 10.9 Å². The molecule has 1 aliphatic rings. The fourth-order valence-electron chi connectivity index (χ4n) is 4.83. The smallest absolute Gasteiger partial charge is 0.416 e. The van der Waals surface area contributed by atoms with E-state index in [2.05, 4.69) is 25.9 Å². The van der Waals surface area contributed by atoms with Crippen molar-refractivity contribution in [2.45, 2.75) is 19.6 Å². The summed E-state index contributed by atoms with van der Waals surface area (Å²) < 4.78 is 53.5. The third-order valence-corrected chi connectivity index (χ3v) is 7.12. The second kappa shape index (κ2) is 12.2. The van der Waals surface area contributed by atoms with Gasteiger partial charge in [0.1, 0.15) is 17.8 Å². The summed E-state index contributed by atoms with van der Waals surface area (Å²) >= 11 is 0. The van der Waals surface area contributed by atoms with Crippen molar-refractivity contribution in [3.63, 3.8) is 0 Å². The number of hydrogen-bond acceptors (Lipinski definition) is 8. The Kier molecular flexibility index (Phi) is 8.46. The molecule has 3 N–H and O–H groups in total. The molecule has 1 aromatic heterocycles. The van der Waals surface area contributed by atoms with Crippen LogP contribution in [-0.2, 0) is 12.7 Å². The van der Waals surface area contributed by atoms with E-state index < -0.39 is 17.6 Å². The Balaban J connectivity index is 1.38.